The predicted octanol–water partition coefficient (Wildman–Crippen LogP) is 2.99. The summed E-state index contributed by atoms with van der Waals surface area (Å²) in [5, 5.41) is 18.0. The topological polar surface area (TPSA) is 110 Å². The molecule has 152 valence electrons. The largest absolute Gasteiger partial charge is 0.490 e. The van der Waals surface area contributed by atoms with Crippen LogP contribution in [-0.4, -0.2) is 43.1 Å². The van der Waals surface area contributed by atoms with E-state index >= 15 is 0 Å². The molecule has 12 heteroatoms. The minimum Gasteiger partial charge on any atom is -0.475 e. The maximum absolute atomic E-state index is 12.1. The Balaban J connectivity index is 0.000000370. The minimum absolute atomic E-state index is 0.153. The van der Waals surface area contributed by atoms with E-state index in [0.717, 1.165) is 10.2 Å². The summed E-state index contributed by atoms with van der Waals surface area (Å²) < 4.78 is 34.2. The zero-order valence-electron chi connectivity index (χ0n) is 14.5. The Morgan fingerprint density at radius 3 is 2.41 bits per heavy atom. The number of carboxylic acid groups (broad SMARTS) is 1. The first-order chi connectivity index (χ1) is 13.7. The number of benzene rings is 1. The molecule has 29 heavy (non-hydrogen) atoms. The van der Waals surface area contributed by atoms with Crippen LogP contribution in [0.4, 0.5) is 13.2 Å². The van der Waals surface area contributed by atoms with Crippen LogP contribution in [0.15, 0.2) is 59.5 Å². The maximum Gasteiger partial charge on any atom is 0.490 e. The maximum atomic E-state index is 12.1. The summed E-state index contributed by atoms with van der Waals surface area (Å²) in [6.07, 6.45) is 0.0635. The number of alkyl halides is 3. The van der Waals surface area contributed by atoms with Gasteiger partial charge in [0.2, 0.25) is 0 Å². The fourth-order valence-electron chi connectivity index (χ4n) is 1.90. The van der Waals surface area contributed by atoms with Gasteiger partial charge in [-0.05, 0) is 30.3 Å². The van der Waals surface area contributed by atoms with Crippen molar-refractivity contribution < 1.29 is 27.9 Å². The summed E-state index contributed by atoms with van der Waals surface area (Å²) in [6, 6.07) is 10.9. The Morgan fingerprint density at radius 1 is 1.17 bits per heavy atom. The molecular formula is C17H13BrF3N5O3. The van der Waals surface area contributed by atoms with Gasteiger partial charge in [-0.25, -0.2) is 9.48 Å². The summed E-state index contributed by atoms with van der Waals surface area (Å²) in [5.41, 5.74) is 2.14. The van der Waals surface area contributed by atoms with Crippen molar-refractivity contribution in [2.75, 3.05) is 0 Å². The highest BCUT2D eigenvalue weighted by Crippen LogP contribution is 2.13. The molecule has 3 aromatic rings. The average molecular weight is 472 g/mol. The quantitative estimate of drug-likeness (QED) is 0.605. The zero-order valence-corrected chi connectivity index (χ0v) is 16.1. The third kappa shape index (κ3) is 6.99. The second-order valence-corrected chi connectivity index (χ2v) is 6.27. The standard InChI is InChI=1S/C15H12BrN5O.C2HF3O2/c16-12-3-1-2-11(8-12)15(22)18-9-13-10-21(20-19-13)14-4-6-17-7-5-14;3-2(4,5)1(6)7/h1-8,10H,9H2,(H,18,22);(H,6,7). The van der Waals surface area contributed by atoms with Gasteiger partial charge in [0.1, 0.15) is 5.69 Å². The van der Waals surface area contributed by atoms with Gasteiger partial charge in [0.05, 0.1) is 18.4 Å². The molecule has 0 aliphatic heterocycles. The first-order valence-corrected chi connectivity index (χ1v) is 8.61. The molecule has 1 amide bonds. The van der Waals surface area contributed by atoms with Crippen LogP contribution in [0, 0.1) is 0 Å². The Kier molecular flexibility index (Phi) is 7.42. The van der Waals surface area contributed by atoms with E-state index in [-0.39, 0.29) is 5.91 Å². The lowest BCUT2D eigenvalue weighted by atomic mass is 10.2. The van der Waals surface area contributed by atoms with Gasteiger partial charge in [0.15, 0.2) is 0 Å². The van der Waals surface area contributed by atoms with Gasteiger partial charge in [-0.1, -0.05) is 27.2 Å². The molecule has 8 nitrogen and oxygen atoms in total. The second kappa shape index (κ2) is 9.78. The van der Waals surface area contributed by atoms with Crippen molar-refractivity contribution >= 4 is 27.8 Å². The number of carbonyl (C=O) groups is 2. The highest BCUT2D eigenvalue weighted by Gasteiger charge is 2.38. The number of hydrogen-bond acceptors (Lipinski definition) is 5. The van der Waals surface area contributed by atoms with Gasteiger partial charge in [-0.3, -0.25) is 9.78 Å². The first-order valence-electron chi connectivity index (χ1n) is 7.82. The number of halogens is 4. The summed E-state index contributed by atoms with van der Waals surface area (Å²) in [6.45, 7) is 0.316. The number of amides is 1. The van der Waals surface area contributed by atoms with Gasteiger partial charge < -0.3 is 10.4 Å². The van der Waals surface area contributed by atoms with Crippen LogP contribution in [0.5, 0.6) is 0 Å². The van der Waals surface area contributed by atoms with Crippen LogP contribution in [0.25, 0.3) is 5.69 Å². The number of pyridine rings is 1. The van der Waals surface area contributed by atoms with E-state index in [4.69, 9.17) is 9.90 Å². The van der Waals surface area contributed by atoms with E-state index in [1.54, 1.807) is 35.4 Å². The molecule has 2 heterocycles. The van der Waals surface area contributed by atoms with Crippen molar-refractivity contribution in [3.05, 3.63) is 70.7 Å². The minimum atomic E-state index is -5.08. The molecule has 0 fully saturated rings. The summed E-state index contributed by atoms with van der Waals surface area (Å²) >= 11 is 3.34. The zero-order chi connectivity index (χ0) is 21.4. The molecule has 0 unspecified atom stereocenters. The molecular weight excluding hydrogens is 459 g/mol. The lowest BCUT2D eigenvalue weighted by Crippen LogP contribution is -2.22. The SMILES string of the molecule is O=C(NCc1cn(-c2ccncc2)nn1)c1cccc(Br)c1.O=C(O)C(F)(F)F. The summed E-state index contributed by atoms with van der Waals surface area (Å²) in [7, 11) is 0. The van der Waals surface area contributed by atoms with Crippen LogP contribution >= 0.6 is 15.9 Å². The molecule has 0 aliphatic rings. The summed E-state index contributed by atoms with van der Waals surface area (Å²) in [5.74, 6) is -2.91. The number of rotatable bonds is 4. The molecule has 0 saturated carbocycles. The smallest absolute Gasteiger partial charge is 0.475 e. The van der Waals surface area contributed by atoms with Gasteiger partial charge >= 0.3 is 12.1 Å². The van der Waals surface area contributed by atoms with Crippen LogP contribution in [0.1, 0.15) is 16.1 Å². The number of aliphatic carboxylic acids is 1. The van der Waals surface area contributed by atoms with E-state index in [1.165, 1.54) is 0 Å². The van der Waals surface area contributed by atoms with Gasteiger partial charge in [-0.15, -0.1) is 5.10 Å². The Morgan fingerprint density at radius 2 is 1.83 bits per heavy atom. The number of nitrogens with zero attached hydrogens (tertiary/aromatic N) is 4. The molecule has 0 spiro atoms. The molecule has 0 atom stereocenters. The number of carboxylic acids is 1. The molecule has 0 radical (unpaired) electrons. The molecule has 2 aromatic heterocycles. The van der Waals surface area contributed by atoms with Crippen LogP contribution in [-0.2, 0) is 11.3 Å². The number of aromatic nitrogens is 4. The molecule has 1 aromatic carbocycles. The normalized spacial score (nSPS) is 10.6. The first kappa shape index (κ1) is 22.0. The fourth-order valence-corrected chi connectivity index (χ4v) is 2.30. The fraction of sp³-hybridized carbons (Fsp3) is 0.118. The predicted molar refractivity (Wildman–Crippen MR) is 98.2 cm³/mol. The van der Waals surface area contributed by atoms with Crippen molar-refractivity contribution in [2.24, 2.45) is 0 Å². The van der Waals surface area contributed by atoms with Gasteiger partial charge in [0, 0.05) is 22.4 Å². The Labute approximate surface area is 170 Å². The monoisotopic (exact) mass is 471 g/mol. The Bertz CT molecular complexity index is 980. The van der Waals surface area contributed by atoms with Crippen LogP contribution in [0.3, 0.4) is 0 Å². The van der Waals surface area contributed by atoms with Gasteiger partial charge in [-0.2, -0.15) is 13.2 Å². The molecule has 3 rings (SSSR count). The molecule has 2 N–H and O–H groups in total. The van der Waals surface area contributed by atoms with Crippen molar-refractivity contribution in [2.45, 2.75) is 12.7 Å². The van der Waals surface area contributed by atoms with Crippen molar-refractivity contribution in [1.82, 2.24) is 25.3 Å². The van der Waals surface area contributed by atoms with E-state index in [1.807, 2.05) is 24.3 Å². The van der Waals surface area contributed by atoms with E-state index in [0.29, 0.717) is 17.8 Å². The third-order valence-electron chi connectivity index (χ3n) is 3.23. The summed E-state index contributed by atoms with van der Waals surface area (Å²) in [4.78, 5) is 24.9. The van der Waals surface area contributed by atoms with Gasteiger partial charge in [0.25, 0.3) is 5.91 Å². The highest BCUT2D eigenvalue weighted by molar-refractivity contribution is 9.10. The van der Waals surface area contributed by atoms with E-state index in [9.17, 15) is 18.0 Å². The Hall–Kier alpha value is -3.28. The van der Waals surface area contributed by atoms with E-state index < -0.39 is 12.1 Å². The lowest BCUT2D eigenvalue weighted by molar-refractivity contribution is -0.192. The highest BCUT2D eigenvalue weighted by atomic mass is 79.9. The molecule has 0 bridgehead atoms. The third-order valence-corrected chi connectivity index (χ3v) is 3.72. The van der Waals surface area contributed by atoms with Crippen molar-refractivity contribution in [3.8, 4) is 5.69 Å². The molecule has 0 aliphatic carbocycles. The number of nitrogens with one attached hydrogen (secondary N) is 1. The number of carbonyl (C=O) groups excluding carboxylic acids is 1. The van der Waals surface area contributed by atoms with Crippen LogP contribution in [0.2, 0.25) is 0 Å². The van der Waals surface area contributed by atoms with E-state index in [2.05, 4.69) is 36.5 Å². The number of hydrogen-bond donors (Lipinski definition) is 2. The second-order valence-electron chi connectivity index (χ2n) is 5.36. The van der Waals surface area contributed by atoms with Crippen molar-refractivity contribution in [3.63, 3.8) is 0 Å². The average Bonchev–Trinajstić information content (AvgIpc) is 3.15. The van der Waals surface area contributed by atoms with Crippen molar-refractivity contribution in [1.29, 1.82) is 0 Å². The molecule has 0 saturated heterocycles. The van der Waals surface area contributed by atoms with Crippen LogP contribution < -0.4 is 5.32 Å². The lowest BCUT2D eigenvalue weighted by Gasteiger charge is -2.03.